The Labute approximate surface area is 762 Å². The summed E-state index contributed by atoms with van der Waals surface area (Å²) < 4.78 is 125. The van der Waals surface area contributed by atoms with Crippen molar-refractivity contribution in [2.45, 2.75) is 335 Å². The second kappa shape index (κ2) is 83.3. The third kappa shape index (κ3) is 81.2. The van der Waals surface area contributed by atoms with Crippen LogP contribution in [0.15, 0.2) is 255 Å². The Kier molecular flexibility index (Phi) is 77.2. The van der Waals surface area contributed by atoms with Gasteiger partial charge in [-0.3, -0.25) is 19.2 Å². The lowest BCUT2D eigenvalue weighted by Crippen LogP contribution is -2.12. The summed E-state index contributed by atoms with van der Waals surface area (Å²) in [5.41, 5.74) is 0. The van der Waals surface area contributed by atoms with Gasteiger partial charge in [0.2, 0.25) is 0 Å². The van der Waals surface area contributed by atoms with Gasteiger partial charge in [-0.1, -0.05) is 302 Å². The van der Waals surface area contributed by atoms with Crippen LogP contribution >= 0.6 is 0 Å². The van der Waals surface area contributed by atoms with Crippen molar-refractivity contribution in [2.75, 3.05) is 26.4 Å². The first-order chi connectivity index (χ1) is 61.1. The molecule has 0 spiro atoms. The van der Waals surface area contributed by atoms with Crippen LogP contribution in [0, 0.1) is 0 Å². The Morgan fingerprint density at radius 2 is 0.389 bits per heavy atom. The molecule has 4 unspecified atom stereocenters. The molecule has 24 heteroatoms. The molecule has 0 aromatic carbocycles. The predicted octanol–water partition coefficient (Wildman–Crippen LogP) is 25.8. The lowest BCUT2D eigenvalue weighted by molar-refractivity contribution is -0.120. The maximum Gasteiger partial charge on any atom is 0.400 e. The summed E-state index contributed by atoms with van der Waals surface area (Å²) in [7, 11) is -15.3. The van der Waals surface area contributed by atoms with Crippen molar-refractivity contribution in [3.63, 3.8) is 0 Å². The lowest BCUT2D eigenvalue weighted by atomic mass is 10.0. The molecular formula is C102H154O20S4. The zero-order chi connectivity index (χ0) is 91.9. The Bertz CT molecular complexity index is 4020. The van der Waals surface area contributed by atoms with Crippen molar-refractivity contribution in [3.05, 3.63) is 255 Å². The monoisotopic (exact) mass is 1830 g/mol. The van der Waals surface area contributed by atoms with Crippen molar-refractivity contribution < 1.29 is 86.3 Å². The Balaban J connectivity index is 0.000000840. The van der Waals surface area contributed by atoms with E-state index < -0.39 is 66.0 Å². The average molecular weight is 1830 g/mol. The largest absolute Gasteiger partial charge is 0.400 e. The number of unbranched alkanes of at least 4 members (excludes halogenated alkanes) is 7. The van der Waals surface area contributed by atoms with Crippen LogP contribution in [0.2, 0.25) is 0 Å². The van der Waals surface area contributed by atoms with E-state index in [0.717, 1.165) is 167 Å². The number of hydrogen-bond acceptors (Lipinski definition) is 20. The van der Waals surface area contributed by atoms with E-state index in [1.54, 1.807) is 0 Å². The predicted molar refractivity (Wildman–Crippen MR) is 517 cm³/mol. The second-order valence-corrected chi connectivity index (χ2v) is 35.1. The first kappa shape index (κ1) is 117. The number of carbonyl (C=O) groups excluding carboxylic acids is 4. The maximum absolute atomic E-state index is 11.9. The van der Waals surface area contributed by atoms with Crippen LogP contribution in [0.3, 0.4) is 0 Å². The van der Waals surface area contributed by atoms with E-state index in [9.17, 15) is 52.8 Å². The molecule has 0 aromatic rings. The molecule has 126 heavy (non-hydrogen) atoms. The van der Waals surface area contributed by atoms with Crippen LogP contribution < -0.4 is 0 Å². The SMILES string of the molecule is CC/C=C\C/C=C\C/C=C\C/C=C\C/C=C\C/C=C\CCC(=O)CCC1COS(=O)(=O)O1.CC/C=C\C/C=C\C/C=C\C/C=C\C/C=C\CCCC(=O)CCC1COS(=O)(=O)O1.CC/C=C\C/C=C\C/C=C\C/C=C\C/C=C\CCCCCC(=O)CCC1COS(=O)(=O)O1.CCCCC/C=C\C/C=C\C/C=C\C/C=C\C/C=C\CCC(=O)CCC1COS(=O)(=O)O1. The quantitative estimate of drug-likeness (QED) is 0.0404. The van der Waals surface area contributed by atoms with Crippen LogP contribution in [0.4, 0.5) is 0 Å². The molecule has 0 bridgehead atoms. The van der Waals surface area contributed by atoms with Crippen LogP contribution in [-0.2, 0) is 94.2 Å². The molecule has 0 aromatic heterocycles. The summed E-state index contributed by atoms with van der Waals surface area (Å²) in [6, 6.07) is 0. The summed E-state index contributed by atoms with van der Waals surface area (Å²) in [4.78, 5) is 47.4. The molecule has 0 amide bonds. The van der Waals surface area contributed by atoms with Gasteiger partial charge in [0, 0.05) is 51.4 Å². The van der Waals surface area contributed by atoms with Gasteiger partial charge in [0.15, 0.2) is 0 Å². The normalized spacial score (nSPS) is 19.1. The molecule has 4 saturated heterocycles. The minimum absolute atomic E-state index is 0.00274. The van der Waals surface area contributed by atoms with Gasteiger partial charge < -0.3 is 0 Å². The molecule has 0 saturated carbocycles. The van der Waals surface area contributed by atoms with Crippen molar-refractivity contribution in [3.8, 4) is 0 Å². The van der Waals surface area contributed by atoms with E-state index >= 15 is 0 Å². The van der Waals surface area contributed by atoms with E-state index in [-0.39, 0.29) is 49.6 Å². The maximum atomic E-state index is 11.9. The standard InChI is InChI=1S/2C26H40O5S.C26H38O5S.C24H36O5S/c3*1-2-3-4-5-6-7-8-9-10-11-12-13-14-15-16-17-18-19-20-21-25(27)22-23-26-24-30-32(28,29)31-26;1-2-3-4-5-6-7-8-9-10-11-12-13-14-15-16-17-18-19-23(25)20-21-24-22-28-30(26,27)29-24/h6-7,9-10,12-13,15-16,18-19,26H,2-5,8,11,14,17,20-24H2,1H3;3-4,6-7,9-10,12-13,15-16,26H,2,5,8,11,14,17-24H2,1H3;3-4,6-7,9-10,12-13,15-16,18-19,26H,2,5,8,11,14,17,20-24H2,1H3;3-4,6-7,9-10,12-13,15-16,24H,2,5,8,11,14,17-22H2,1H3/b7-6-,10-9-,13-12-,16-15-,19-18-;4-3-,7-6-,10-9-,13-12-,16-15-;4-3-,7-6-,10-9-,13-12-,16-15-,19-18-;4-3-,7-6-,10-9-,13-12-,16-15-. The molecule has 4 aliphatic rings. The van der Waals surface area contributed by atoms with Gasteiger partial charge in [0.05, 0.1) is 26.4 Å². The van der Waals surface area contributed by atoms with E-state index in [1.165, 1.54) is 25.7 Å². The molecule has 4 aliphatic heterocycles. The minimum Gasteiger partial charge on any atom is -0.300 e. The van der Waals surface area contributed by atoms with Crippen molar-refractivity contribution in [1.82, 2.24) is 0 Å². The second-order valence-electron chi connectivity index (χ2n) is 30.1. The highest BCUT2D eigenvalue weighted by atomic mass is 32.3. The topological polar surface area (TPSA) is 279 Å². The highest BCUT2D eigenvalue weighted by Gasteiger charge is 2.33. The average Bonchev–Trinajstić information content (AvgIpc) is 1.76. The number of carbonyl (C=O) groups is 4. The van der Waals surface area contributed by atoms with Crippen LogP contribution in [0.5, 0.6) is 0 Å². The summed E-state index contributed by atoms with van der Waals surface area (Å²) in [6.45, 7) is 8.69. The van der Waals surface area contributed by atoms with E-state index in [0.29, 0.717) is 89.9 Å². The third-order valence-corrected chi connectivity index (χ3v) is 22.5. The van der Waals surface area contributed by atoms with Gasteiger partial charge in [0.1, 0.15) is 47.5 Å². The molecule has 4 rings (SSSR count). The fourth-order valence-corrected chi connectivity index (χ4v) is 15.2. The fraction of sp³-hybridized carbons (Fsp3) is 0.549. The molecule has 0 radical (unpaired) electrons. The number of rotatable bonds is 69. The van der Waals surface area contributed by atoms with Gasteiger partial charge in [0.25, 0.3) is 0 Å². The molecule has 0 N–H and O–H groups in total. The zero-order valence-electron chi connectivity index (χ0n) is 76.3. The first-order valence-electron chi connectivity index (χ1n) is 46.1. The van der Waals surface area contributed by atoms with Crippen molar-refractivity contribution in [2.24, 2.45) is 0 Å². The molecule has 4 heterocycles. The molecule has 4 atom stereocenters. The van der Waals surface area contributed by atoms with Gasteiger partial charge in [-0.05, 0) is 212 Å². The molecular weight excluding hydrogens is 1670 g/mol. The lowest BCUT2D eigenvalue weighted by Gasteiger charge is -2.04. The fourth-order valence-electron chi connectivity index (χ4n) is 11.7. The summed E-state index contributed by atoms with van der Waals surface area (Å²) in [6.07, 6.45) is 126. The summed E-state index contributed by atoms with van der Waals surface area (Å²) in [5, 5.41) is 0. The molecule has 706 valence electrons. The van der Waals surface area contributed by atoms with Crippen LogP contribution in [0.25, 0.3) is 0 Å². The summed E-state index contributed by atoms with van der Waals surface area (Å²) >= 11 is 0. The Morgan fingerprint density at radius 3 is 0.595 bits per heavy atom. The minimum atomic E-state index is -3.83. The van der Waals surface area contributed by atoms with Crippen LogP contribution in [0.1, 0.15) is 310 Å². The van der Waals surface area contributed by atoms with E-state index in [1.807, 2.05) is 12.2 Å². The van der Waals surface area contributed by atoms with Gasteiger partial charge >= 0.3 is 41.6 Å². The van der Waals surface area contributed by atoms with Gasteiger partial charge in [-0.2, -0.15) is 33.7 Å². The first-order valence-corrected chi connectivity index (χ1v) is 51.5. The van der Waals surface area contributed by atoms with E-state index in [2.05, 4.69) is 287 Å². The molecule has 0 aliphatic carbocycles. The highest BCUT2D eigenvalue weighted by Crippen LogP contribution is 2.22. The van der Waals surface area contributed by atoms with E-state index in [4.69, 9.17) is 16.7 Å². The number of hydrogen-bond donors (Lipinski definition) is 0. The molecule has 20 nitrogen and oxygen atoms in total. The van der Waals surface area contributed by atoms with Crippen molar-refractivity contribution in [1.29, 1.82) is 0 Å². The highest BCUT2D eigenvalue weighted by molar-refractivity contribution is 7.82. The molecule has 4 fully saturated rings. The van der Waals surface area contributed by atoms with Gasteiger partial charge in [-0.15, -0.1) is 0 Å². The number of allylic oxidation sites excluding steroid dienone is 42. The Morgan fingerprint density at radius 1 is 0.206 bits per heavy atom. The van der Waals surface area contributed by atoms with Gasteiger partial charge in [-0.25, -0.2) is 33.5 Å². The van der Waals surface area contributed by atoms with Crippen LogP contribution in [-0.4, -0.2) is 108 Å². The number of ketones is 4. The zero-order valence-corrected chi connectivity index (χ0v) is 79.6. The third-order valence-electron chi connectivity index (χ3n) is 18.7. The number of Topliss-reactive ketones (excluding diaryl/α,β-unsaturated/α-hetero) is 4. The smallest absolute Gasteiger partial charge is 0.300 e. The summed E-state index contributed by atoms with van der Waals surface area (Å²) in [5.74, 6) is 0.515. The van der Waals surface area contributed by atoms with Crippen molar-refractivity contribution >= 4 is 64.7 Å². The Hall–Kier alpha value is -7.30.